The predicted molar refractivity (Wildman–Crippen MR) is 134 cm³/mol. The summed E-state index contributed by atoms with van der Waals surface area (Å²) in [6, 6.07) is 18.1. The van der Waals surface area contributed by atoms with Gasteiger partial charge in [-0.15, -0.1) is 0 Å². The highest BCUT2D eigenvalue weighted by Gasteiger charge is 2.44. The molecule has 0 aromatic heterocycles. The van der Waals surface area contributed by atoms with Crippen molar-refractivity contribution < 1.29 is 19.3 Å². The van der Waals surface area contributed by atoms with Gasteiger partial charge in [0.1, 0.15) is 6.04 Å². The van der Waals surface area contributed by atoms with E-state index in [0.717, 1.165) is 14.9 Å². The maximum atomic E-state index is 13.5. The van der Waals surface area contributed by atoms with Crippen molar-refractivity contribution in [3.8, 4) is 0 Å². The summed E-state index contributed by atoms with van der Waals surface area (Å²) < 4.78 is 0.792. The molecule has 0 radical (unpaired) electrons. The summed E-state index contributed by atoms with van der Waals surface area (Å²) in [6.07, 6.45) is 0.183. The van der Waals surface area contributed by atoms with Gasteiger partial charge in [0.2, 0.25) is 5.91 Å². The molecule has 1 fully saturated rings. The van der Waals surface area contributed by atoms with Gasteiger partial charge in [0.15, 0.2) is 0 Å². The van der Waals surface area contributed by atoms with Gasteiger partial charge in [-0.1, -0.05) is 45.7 Å². The maximum Gasteiger partial charge on any atom is 0.270 e. The van der Waals surface area contributed by atoms with E-state index in [9.17, 15) is 24.5 Å². The molecule has 8 nitrogen and oxygen atoms in total. The van der Waals surface area contributed by atoms with E-state index in [1.807, 2.05) is 6.07 Å². The molecule has 178 valence electrons. The zero-order valence-electron chi connectivity index (χ0n) is 18.3. The zero-order valence-corrected chi connectivity index (χ0v) is 20.6. The molecule has 0 bridgehead atoms. The van der Waals surface area contributed by atoms with Crippen LogP contribution in [-0.2, 0) is 16.0 Å². The average molecular weight is 557 g/mol. The molecule has 35 heavy (non-hydrogen) atoms. The average Bonchev–Trinajstić information content (AvgIpc) is 3.13. The Morgan fingerprint density at radius 1 is 1.09 bits per heavy atom. The molecule has 1 heterocycles. The summed E-state index contributed by atoms with van der Waals surface area (Å²) in [6.45, 7) is 0.111. The lowest BCUT2D eigenvalue weighted by Gasteiger charge is -2.28. The van der Waals surface area contributed by atoms with Crippen LogP contribution in [0.2, 0.25) is 5.02 Å². The van der Waals surface area contributed by atoms with E-state index in [-0.39, 0.29) is 24.2 Å². The molecule has 3 aromatic rings. The van der Waals surface area contributed by atoms with Crippen LogP contribution in [0.1, 0.15) is 22.3 Å². The van der Waals surface area contributed by atoms with E-state index in [0.29, 0.717) is 17.1 Å². The summed E-state index contributed by atoms with van der Waals surface area (Å²) in [4.78, 5) is 52.8. The van der Waals surface area contributed by atoms with Crippen molar-refractivity contribution in [2.45, 2.75) is 18.9 Å². The van der Waals surface area contributed by atoms with Crippen LogP contribution in [0.3, 0.4) is 0 Å². The molecule has 3 amide bonds. The largest absolute Gasteiger partial charge is 0.326 e. The second-order valence-electron chi connectivity index (χ2n) is 7.95. The van der Waals surface area contributed by atoms with Crippen molar-refractivity contribution in [3.05, 3.63) is 104 Å². The van der Waals surface area contributed by atoms with Gasteiger partial charge in [0.05, 0.1) is 17.0 Å². The molecule has 0 saturated carbocycles. The van der Waals surface area contributed by atoms with Crippen molar-refractivity contribution in [1.29, 1.82) is 0 Å². The highest BCUT2D eigenvalue weighted by molar-refractivity contribution is 9.10. The van der Waals surface area contributed by atoms with Gasteiger partial charge in [-0.05, 0) is 54.4 Å². The number of hydrogen-bond donors (Lipinski definition) is 0. The lowest BCUT2D eigenvalue weighted by molar-refractivity contribution is -0.384. The SMILES string of the molecule is O=C1CC(N(CCc2cccc(Cl)c2)C(=O)c2cccc([N+](=O)[O-])c2)C(=O)N1c1ccc(Br)cc1. The van der Waals surface area contributed by atoms with Crippen LogP contribution in [0.15, 0.2) is 77.3 Å². The minimum absolute atomic E-state index is 0.0626. The Hall–Kier alpha value is -3.56. The quantitative estimate of drug-likeness (QED) is 0.231. The smallest absolute Gasteiger partial charge is 0.270 e. The van der Waals surface area contributed by atoms with Crippen LogP contribution < -0.4 is 4.90 Å². The van der Waals surface area contributed by atoms with E-state index in [4.69, 9.17) is 11.6 Å². The number of benzene rings is 3. The number of rotatable bonds is 7. The Labute approximate surface area is 214 Å². The number of nitro groups is 1. The molecule has 1 unspecified atom stereocenters. The van der Waals surface area contributed by atoms with Crippen molar-refractivity contribution in [1.82, 2.24) is 4.90 Å². The van der Waals surface area contributed by atoms with E-state index in [1.165, 1.54) is 29.2 Å². The van der Waals surface area contributed by atoms with Gasteiger partial charge >= 0.3 is 0 Å². The van der Waals surface area contributed by atoms with Gasteiger partial charge in [0.25, 0.3) is 17.5 Å². The normalized spacial score (nSPS) is 15.4. The number of anilines is 1. The third-order valence-corrected chi connectivity index (χ3v) is 6.44. The van der Waals surface area contributed by atoms with E-state index in [2.05, 4.69) is 15.9 Å². The van der Waals surface area contributed by atoms with Crippen LogP contribution in [-0.4, -0.2) is 40.1 Å². The number of non-ortho nitro benzene ring substituents is 1. The predicted octanol–water partition coefficient (Wildman–Crippen LogP) is 5.03. The molecule has 0 N–H and O–H groups in total. The Balaban J connectivity index is 1.66. The van der Waals surface area contributed by atoms with Crippen LogP contribution in [0.5, 0.6) is 0 Å². The third-order valence-electron chi connectivity index (χ3n) is 5.68. The second kappa shape index (κ2) is 10.4. The van der Waals surface area contributed by atoms with Crippen molar-refractivity contribution in [2.75, 3.05) is 11.4 Å². The standard InChI is InChI=1S/C25H19BrClN3O5/c26-18-7-9-20(10-8-18)29-23(31)15-22(25(29)33)28(12-11-16-3-1-5-19(27)13-16)24(32)17-4-2-6-21(14-17)30(34)35/h1-10,13-14,22H,11-12,15H2. The highest BCUT2D eigenvalue weighted by atomic mass is 79.9. The summed E-state index contributed by atoms with van der Waals surface area (Å²) in [7, 11) is 0. The number of nitro benzene ring substituents is 1. The molecule has 0 spiro atoms. The number of amides is 3. The fourth-order valence-electron chi connectivity index (χ4n) is 3.98. The Bertz CT molecular complexity index is 1310. The monoisotopic (exact) mass is 555 g/mol. The summed E-state index contributed by atoms with van der Waals surface area (Å²) >= 11 is 9.41. The lowest BCUT2D eigenvalue weighted by atomic mass is 10.1. The topological polar surface area (TPSA) is 101 Å². The zero-order chi connectivity index (χ0) is 25.1. The van der Waals surface area contributed by atoms with Crippen LogP contribution >= 0.6 is 27.5 Å². The first kappa shape index (κ1) is 24.6. The molecule has 0 aliphatic carbocycles. The highest BCUT2D eigenvalue weighted by Crippen LogP contribution is 2.28. The van der Waals surface area contributed by atoms with Gasteiger partial charge < -0.3 is 4.90 Å². The first-order chi connectivity index (χ1) is 16.7. The Morgan fingerprint density at radius 2 is 1.80 bits per heavy atom. The number of hydrogen-bond acceptors (Lipinski definition) is 5. The molecule has 4 rings (SSSR count). The molecule has 1 saturated heterocycles. The van der Waals surface area contributed by atoms with Crippen molar-refractivity contribution in [3.63, 3.8) is 0 Å². The lowest BCUT2D eigenvalue weighted by Crippen LogP contribution is -2.46. The first-order valence-corrected chi connectivity index (χ1v) is 11.8. The summed E-state index contributed by atoms with van der Waals surface area (Å²) in [5, 5.41) is 11.8. The van der Waals surface area contributed by atoms with Crippen LogP contribution in [0.4, 0.5) is 11.4 Å². The number of halogens is 2. The van der Waals surface area contributed by atoms with Gasteiger partial charge in [-0.25, -0.2) is 4.90 Å². The number of carbonyl (C=O) groups excluding carboxylic acids is 3. The first-order valence-electron chi connectivity index (χ1n) is 10.7. The third kappa shape index (κ3) is 5.41. The van der Waals surface area contributed by atoms with Gasteiger partial charge in [0, 0.05) is 33.7 Å². The number of imide groups is 1. The van der Waals surface area contributed by atoms with Crippen molar-refractivity contribution in [2.24, 2.45) is 0 Å². The fraction of sp³-hybridized carbons (Fsp3) is 0.160. The maximum absolute atomic E-state index is 13.5. The Kier molecular flexibility index (Phi) is 7.28. The minimum Gasteiger partial charge on any atom is -0.326 e. The van der Waals surface area contributed by atoms with Crippen molar-refractivity contribution >= 4 is 56.6 Å². The van der Waals surface area contributed by atoms with Gasteiger partial charge in [-0.3, -0.25) is 24.5 Å². The minimum atomic E-state index is -1.04. The molecular weight excluding hydrogens is 538 g/mol. The van der Waals surface area contributed by atoms with Crippen LogP contribution in [0, 0.1) is 10.1 Å². The second-order valence-corrected chi connectivity index (χ2v) is 9.30. The molecule has 1 aliphatic rings. The molecule has 1 atom stereocenters. The number of nitrogens with zero attached hydrogens (tertiary/aromatic N) is 3. The summed E-state index contributed by atoms with van der Waals surface area (Å²) in [5.41, 5.74) is 1.07. The Morgan fingerprint density at radius 3 is 2.49 bits per heavy atom. The van der Waals surface area contributed by atoms with Crippen LogP contribution in [0.25, 0.3) is 0 Å². The van der Waals surface area contributed by atoms with E-state index >= 15 is 0 Å². The fourth-order valence-corrected chi connectivity index (χ4v) is 4.46. The molecule has 1 aliphatic heterocycles. The van der Waals surface area contributed by atoms with E-state index < -0.39 is 28.7 Å². The number of carbonyl (C=O) groups is 3. The van der Waals surface area contributed by atoms with Gasteiger partial charge in [-0.2, -0.15) is 0 Å². The van der Waals surface area contributed by atoms with E-state index in [1.54, 1.807) is 42.5 Å². The molecule has 10 heteroatoms. The summed E-state index contributed by atoms with van der Waals surface area (Å²) in [5.74, 6) is -1.52. The molecular formula is C25H19BrClN3O5. The molecule has 3 aromatic carbocycles.